The van der Waals surface area contributed by atoms with Crippen LogP contribution in [0.3, 0.4) is 0 Å². The summed E-state index contributed by atoms with van der Waals surface area (Å²) in [5.74, 6) is -0.0541. The van der Waals surface area contributed by atoms with Crippen molar-refractivity contribution in [1.82, 2.24) is 19.4 Å². The van der Waals surface area contributed by atoms with Crippen molar-refractivity contribution in [3.8, 4) is 0 Å². The minimum atomic E-state index is -0.0541. The zero-order valence-corrected chi connectivity index (χ0v) is 13.3. The van der Waals surface area contributed by atoms with Gasteiger partial charge in [0.1, 0.15) is 5.69 Å². The lowest BCUT2D eigenvalue weighted by atomic mass is 10.3. The van der Waals surface area contributed by atoms with Crippen LogP contribution in [0.2, 0.25) is 0 Å². The van der Waals surface area contributed by atoms with Crippen LogP contribution < -0.4 is 5.73 Å². The van der Waals surface area contributed by atoms with Gasteiger partial charge in [0.15, 0.2) is 0 Å². The van der Waals surface area contributed by atoms with Crippen LogP contribution in [0, 0.1) is 0 Å². The highest BCUT2D eigenvalue weighted by Gasteiger charge is 2.17. The predicted molar refractivity (Wildman–Crippen MR) is 82.2 cm³/mol. The number of carbonyl (C=O) groups is 1. The van der Waals surface area contributed by atoms with Gasteiger partial charge >= 0.3 is 0 Å². The summed E-state index contributed by atoms with van der Waals surface area (Å²) >= 11 is 0. The van der Waals surface area contributed by atoms with Gasteiger partial charge in [0.25, 0.3) is 5.91 Å². The van der Waals surface area contributed by atoms with Gasteiger partial charge in [-0.1, -0.05) is 0 Å². The van der Waals surface area contributed by atoms with E-state index in [9.17, 15) is 4.79 Å². The van der Waals surface area contributed by atoms with E-state index in [1.807, 2.05) is 18.7 Å². The number of nitrogens with zero attached hydrogens (tertiary/aromatic N) is 4. The quantitative estimate of drug-likeness (QED) is 0.652. The summed E-state index contributed by atoms with van der Waals surface area (Å²) in [7, 11) is 5.68. The molecule has 0 radical (unpaired) electrons. The second-order valence-corrected chi connectivity index (χ2v) is 5.23. The lowest BCUT2D eigenvalue weighted by Crippen LogP contribution is -2.36. The van der Waals surface area contributed by atoms with Gasteiger partial charge in [-0.25, -0.2) is 4.98 Å². The molecule has 1 heterocycles. The van der Waals surface area contributed by atoms with Gasteiger partial charge in [0, 0.05) is 39.5 Å². The Hall–Kier alpha value is -1.44. The first kappa shape index (κ1) is 17.6. The number of hydrogen-bond acceptors (Lipinski definition) is 5. The number of imidazole rings is 1. The highest BCUT2D eigenvalue weighted by Crippen LogP contribution is 2.04. The minimum Gasteiger partial charge on any atom is -0.383 e. The van der Waals surface area contributed by atoms with Crippen molar-refractivity contribution in [2.75, 3.05) is 54.0 Å². The molecule has 7 nitrogen and oxygen atoms in total. The Morgan fingerprint density at radius 1 is 1.38 bits per heavy atom. The monoisotopic (exact) mass is 297 g/mol. The van der Waals surface area contributed by atoms with E-state index in [0.29, 0.717) is 38.5 Å². The average Bonchev–Trinajstić information content (AvgIpc) is 2.90. The Morgan fingerprint density at radius 2 is 2.14 bits per heavy atom. The molecule has 2 N–H and O–H groups in total. The van der Waals surface area contributed by atoms with Gasteiger partial charge < -0.3 is 24.8 Å². The second kappa shape index (κ2) is 9.49. The van der Waals surface area contributed by atoms with Gasteiger partial charge in [-0.2, -0.15) is 0 Å². The molecule has 0 atom stereocenters. The summed E-state index contributed by atoms with van der Waals surface area (Å²) in [6.07, 6.45) is 4.32. The number of hydrogen-bond donors (Lipinski definition) is 1. The first-order valence-corrected chi connectivity index (χ1v) is 7.23. The van der Waals surface area contributed by atoms with Gasteiger partial charge in [-0.05, 0) is 27.1 Å². The Labute approximate surface area is 126 Å². The summed E-state index contributed by atoms with van der Waals surface area (Å²) in [6, 6.07) is 0. The fraction of sp³-hybridized carbons (Fsp3) is 0.714. The van der Waals surface area contributed by atoms with Crippen LogP contribution in [0.15, 0.2) is 12.5 Å². The molecule has 0 aliphatic heterocycles. The summed E-state index contributed by atoms with van der Waals surface area (Å²) in [5, 5.41) is 0. The maximum absolute atomic E-state index is 12.5. The number of nitrogens with two attached hydrogens (primary N) is 1. The van der Waals surface area contributed by atoms with Crippen LogP contribution in [0.4, 0.5) is 0 Å². The van der Waals surface area contributed by atoms with E-state index in [-0.39, 0.29) is 5.91 Å². The Bertz CT molecular complexity index is 419. The Kier molecular flexibility index (Phi) is 7.96. The normalized spacial score (nSPS) is 11.1. The van der Waals surface area contributed by atoms with Gasteiger partial charge in [0.05, 0.1) is 12.9 Å². The standard InChI is InChI=1S/C14H27N5O2/c1-17(2)6-4-7-19(9-10-21-3)14(20)13-11-18(8-5-15)12-16-13/h11-12H,4-10,15H2,1-3H3. The average molecular weight is 297 g/mol. The fourth-order valence-electron chi connectivity index (χ4n) is 2.00. The largest absolute Gasteiger partial charge is 0.383 e. The van der Waals surface area contributed by atoms with Crippen molar-refractivity contribution in [2.45, 2.75) is 13.0 Å². The van der Waals surface area contributed by atoms with Crippen LogP contribution in [0.25, 0.3) is 0 Å². The van der Waals surface area contributed by atoms with Crippen LogP contribution in [-0.2, 0) is 11.3 Å². The number of methoxy groups -OCH3 is 1. The summed E-state index contributed by atoms with van der Waals surface area (Å²) in [4.78, 5) is 20.6. The molecule has 1 rings (SSSR count). The highest BCUT2D eigenvalue weighted by molar-refractivity contribution is 5.92. The molecule has 0 aromatic carbocycles. The second-order valence-electron chi connectivity index (χ2n) is 5.23. The lowest BCUT2D eigenvalue weighted by molar-refractivity contribution is 0.0684. The Morgan fingerprint density at radius 3 is 2.76 bits per heavy atom. The third-order valence-corrected chi connectivity index (χ3v) is 3.13. The van der Waals surface area contributed by atoms with E-state index >= 15 is 0 Å². The number of carbonyl (C=O) groups excluding carboxylic acids is 1. The van der Waals surface area contributed by atoms with Crippen LogP contribution in [0.1, 0.15) is 16.9 Å². The van der Waals surface area contributed by atoms with E-state index in [0.717, 1.165) is 13.0 Å². The fourth-order valence-corrected chi connectivity index (χ4v) is 2.00. The topological polar surface area (TPSA) is 76.6 Å². The van der Waals surface area contributed by atoms with Gasteiger partial charge in [-0.15, -0.1) is 0 Å². The molecule has 1 aromatic rings. The van der Waals surface area contributed by atoms with Crippen LogP contribution in [0.5, 0.6) is 0 Å². The summed E-state index contributed by atoms with van der Waals surface area (Å²) in [6.45, 7) is 3.94. The molecular weight excluding hydrogens is 270 g/mol. The van der Waals surface area contributed by atoms with Crippen molar-refractivity contribution in [2.24, 2.45) is 5.73 Å². The number of rotatable bonds is 10. The first-order chi connectivity index (χ1) is 10.1. The molecule has 0 bridgehead atoms. The molecule has 0 aliphatic rings. The van der Waals surface area contributed by atoms with E-state index in [2.05, 4.69) is 9.88 Å². The zero-order chi connectivity index (χ0) is 15.7. The molecule has 21 heavy (non-hydrogen) atoms. The van der Waals surface area contributed by atoms with E-state index in [4.69, 9.17) is 10.5 Å². The number of amides is 1. The smallest absolute Gasteiger partial charge is 0.274 e. The molecule has 0 saturated heterocycles. The summed E-state index contributed by atoms with van der Waals surface area (Å²) in [5.41, 5.74) is 5.96. The van der Waals surface area contributed by atoms with Crippen molar-refractivity contribution in [3.05, 3.63) is 18.2 Å². The molecule has 1 amide bonds. The van der Waals surface area contributed by atoms with E-state index in [1.165, 1.54) is 0 Å². The van der Waals surface area contributed by atoms with Gasteiger partial charge in [0.2, 0.25) is 0 Å². The zero-order valence-electron chi connectivity index (χ0n) is 13.3. The third-order valence-electron chi connectivity index (χ3n) is 3.13. The predicted octanol–water partition coefficient (Wildman–Crippen LogP) is -0.118. The molecule has 0 aliphatic carbocycles. The van der Waals surface area contributed by atoms with Crippen molar-refractivity contribution < 1.29 is 9.53 Å². The minimum absolute atomic E-state index is 0.0541. The SMILES string of the molecule is COCCN(CCCN(C)C)C(=O)c1cn(CCN)cn1. The Balaban J connectivity index is 2.63. The molecule has 0 saturated carbocycles. The molecule has 0 fully saturated rings. The molecule has 1 aromatic heterocycles. The lowest BCUT2D eigenvalue weighted by Gasteiger charge is -2.22. The number of aromatic nitrogens is 2. The van der Waals surface area contributed by atoms with E-state index < -0.39 is 0 Å². The van der Waals surface area contributed by atoms with Crippen molar-refractivity contribution in [3.63, 3.8) is 0 Å². The molecular formula is C14H27N5O2. The molecule has 120 valence electrons. The maximum Gasteiger partial charge on any atom is 0.274 e. The molecule has 0 spiro atoms. The third kappa shape index (κ3) is 6.24. The first-order valence-electron chi connectivity index (χ1n) is 7.23. The van der Waals surface area contributed by atoms with Crippen molar-refractivity contribution in [1.29, 1.82) is 0 Å². The molecule has 0 unspecified atom stereocenters. The van der Waals surface area contributed by atoms with Crippen LogP contribution in [-0.4, -0.2) is 79.2 Å². The van der Waals surface area contributed by atoms with E-state index in [1.54, 1.807) is 24.5 Å². The van der Waals surface area contributed by atoms with Gasteiger partial charge in [-0.3, -0.25) is 4.79 Å². The number of ether oxygens (including phenoxy) is 1. The highest BCUT2D eigenvalue weighted by atomic mass is 16.5. The molecule has 7 heteroatoms. The summed E-state index contributed by atoms with van der Waals surface area (Å²) < 4.78 is 6.92. The maximum atomic E-state index is 12.5. The van der Waals surface area contributed by atoms with Crippen LogP contribution >= 0.6 is 0 Å². The van der Waals surface area contributed by atoms with Crippen molar-refractivity contribution >= 4 is 5.91 Å².